The zero-order valence-corrected chi connectivity index (χ0v) is 12.4. The van der Waals surface area contributed by atoms with Crippen LogP contribution < -0.4 is 0 Å². The number of aromatic nitrogens is 1. The highest BCUT2D eigenvalue weighted by Gasteiger charge is 2.37. The summed E-state index contributed by atoms with van der Waals surface area (Å²) >= 11 is 0. The van der Waals surface area contributed by atoms with Crippen molar-refractivity contribution in [3.63, 3.8) is 0 Å². The summed E-state index contributed by atoms with van der Waals surface area (Å²) in [6.45, 7) is -0.156. The molecule has 0 amide bonds. The standard InChI is InChI=1S/C14H18N2O4S/c17-7-2-1-3-12-9-14(11-15-10-12)21(19,20)16(6-8-18)13-4-5-13/h9-11,13,17-18H,2,4-8H2. The molecule has 7 heteroatoms. The van der Waals surface area contributed by atoms with E-state index in [-0.39, 0.29) is 30.7 Å². The number of aliphatic hydroxyl groups is 2. The van der Waals surface area contributed by atoms with E-state index in [1.54, 1.807) is 0 Å². The maximum Gasteiger partial charge on any atom is 0.244 e. The first-order valence-corrected chi connectivity index (χ1v) is 8.21. The summed E-state index contributed by atoms with van der Waals surface area (Å²) < 4.78 is 26.5. The molecule has 0 radical (unpaired) electrons. The van der Waals surface area contributed by atoms with E-state index in [9.17, 15) is 8.42 Å². The first-order valence-electron chi connectivity index (χ1n) is 6.77. The molecule has 0 aliphatic heterocycles. The largest absolute Gasteiger partial charge is 0.395 e. The Morgan fingerprint density at radius 2 is 2.05 bits per heavy atom. The van der Waals surface area contributed by atoms with Crippen LogP contribution in [0.5, 0.6) is 0 Å². The van der Waals surface area contributed by atoms with Crippen molar-refractivity contribution < 1.29 is 18.6 Å². The number of hydrogen-bond donors (Lipinski definition) is 2. The zero-order valence-electron chi connectivity index (χ0n) is 11.6. The average molecular weight is 310 g/mol. The topological polar surface area (TPSA) is 90.7 Å². The third kappa shape index (κ3) is 4.02. The van der Waals surface area contributed by atoms with E-state index in [0.29, 0.717) is 12.0 Å². The molecule has 0 atom stereocenters. The second-order valence-electron chi connectivity index (χ2n) is 4.76. The lowest BCUT2D eigenvalue weighted by Crippen LogP contribution is -2.35. The Bertz CT molecular complexity index is 644. The maximum absolute atomic E-state index is 12.6. The van der Waals surface area contributed by atoms with Crippen molar-refractivity contribution in [3.8, 4) is 11.8 Å². The van der Waals surface area contributed by atoms with Crippen molar-refractivity contribution in [2.75, 3.05) is 19.8 Å². The number of rotatable bonds is 6. The Morgan fingerprint density at radius 1 is 1.29 bits per heavy atom. The molecule has 2 rings (SSSR count). The molecule has 1 aromatic heterocycles. The third-order valence-electron chi connectivity index (χ3n) is 3.06. The SMILES string of the molecule is O=S(=O)(c1cncc(C#CCCO)c1)N(CCO)C1CC1. The molecule has 114 valence electrons. The molecule has 0 saturated heterocycles. The summed E-state index contributed by atoms with van der Waals surface area (Å²) in [5.41, 5.74) is 0.490. The van der Waals surface area contributed by atoms with Crippen molar-refractivity contribution in [2.45, 2.75) is 30.2 Å². The molecule has 2 N–H and O–H groups in total. The van der Waals surface area contributed by atoms with Crippen LogP contribution in [-0.4, -0.2) is 53.7 Å². The molecule has 0 unspecified atom stereocenters. The number of sulfonamides is 1. The first-order chi connectivity index (χ1) is 10.1. The Balaban J connectivity index is 2.27. The monoisotopic (exact) mass is 310 g/mol. The summed E-state index contributed by atoms with van der Waals surface area (Å²) in [4.78, 5) is 4.00. The van der Waals surface area contributed by atoms with E-state index < -0.39 is 10.0 Å². The first kappa shape index (κ1) is 15.9. The van der Waals surface area contributed by atoms with Gasteiger partial charge < -0.3 is 10.2 Å². The van der Waals surface area contributed by atoms with Crippen LogP contribution in [0, 0.1) is 11.8 Å². The second-order valence-corrected chi connectivity index (χ2v) is 6.65. The lowest BCUT2D eigenvalue weighted by atomic mass is 10.3. The van der Waals surface area contributed by atoms with Crippen LogP contribution in [-0.2, 0) is 10.0 Å². The predicted molar refractivity (Wildman–Crippen MR) is 76.8 cm³/mol. The molecule has 6 nitrogen and oxygen atoms in total. The van der Waals surface area contributed by atoms with Gasteiger partial charge in [0, 0.05) is 37.0 Å². The van der Waals surface area contributed by atoms with Gasteiger partial charge in [-0.05, 0) is 18.9 Å². The van der Waals surface area contributed by atoms with Gasteiger partial charge >= 0.3 is 0 Å². The van der Waals surface area contributed by atoms with E-state index in [2.05, 4.69) is 16.8 Å². The molecule has 1 saturated carbocycles. The number of hydrogen-bond acceptors (Lipinski definition) is 5. The third-order valence-corrected chi connectivity index (χ3v) is 4.98. The minimum atomic E-state index is -3.66. The highest BCUT2D eigenvalue weighted by atomic mass is 32.2. The van der Waals surface area contributed by atoms with Gasteiger partial charge in [-0.25, -0.2) is 8.42 Å². The van der Waals surface area contributed by atoms with Gasteiger partial charge in [-0.3, -0.25) is 4.98 Å². The van der Waals surface area contributed by atoms with Crippen LogP contribution >= 0.6 is 0 Å². The average Bonchev–Trinajstić information content (AvgIpc) is 3.30. The molecular formula is C14H18N2O4S. The molecule has 1 aromatic rings. The van der Waals surface area contributed by atoms with E-state index in [4.69, 9.17) is 10.2 Å². The summed E-state index contributed by atoms with van der Waals surface area (Å²) in [5.74, 6) is 5.50. The van der Waals surface area contributed by atoms with Crippen molar-refractivity contribution >= 4 is 10.0 Å². The number of nitrogens with zero attached hydrogens (tertiary/aromatic N) is 2. The Morgan fingerprint density at radius 3 is 2.67 bits per heavy atom. The highest BCUT2D eigenvalue weighted by Crippen LogP contribution is 2.31. The highest BCUT2D eigenvalue weighted by molar-refractivity contribution is 7.89. The van der Waals surface area contributed by atoms with Crippen molar-refractivity contribution in [1.29, 1.82) is 0 Å². The Labute approximate surface area is 124 Å². The van der Waals surface area contributed by atoms with Gasteiger partial charge in [-0.15, -0.1) is 0 Å². The molecule has 1 aliphatic carbocycles. The molecule has 1 aliphatic rings. The Hall–Kier alpha value is -1.46. The number of aliphatic hydroxyl groups excluding tert-OH is 2. The van der Waals surface area contributed by atoms with Crippen LogP contribution in [0.4, 0.5) is 0 Å². The quantitative estimate of drug-likeness (QED) is 0.720. The van der Waals surface area contributed by atoms with Gasteiger partial charge in [-0.1, -0.05) is 11.8 Å². The smallest absolute Gasteiger partial charge is 0.244 e. The van der Waals surface area contributed by atoms with Gasteiger partial charge in [0.05, 0.1) is 13.2 Å². The normalized spacial score (nSPS) is 14.8. The fourth-order valence-electron chi connectivity index (χ4n) is 1.94. The van der Waals surface area contributed by atoms with Gasteiger partial charge in [-0.2, -0.15) is 4.31 Å². The van der Waals surface area contributed by atoms with Crippen molar-refractivity contribution in [1.82, 2.24) is 9.29 Å². The summed E-state index contributed by atoms with van der Waals surface area (Å²) in [6.07, 6.45) is 4.75. The molecular weight excluding hydrogens is 292 g/mol. The van der Waals surface area contributed by atoms with Gasteiger partial charge in [0.25, 0.3) is 0 Å². The lowest BCUT2D eigenvalue weighted by Gasteiger charge is -2.20. The van der Waals surface area contributed by atoms with E-state index in [1.165, 1.54) is 22.8 Å². The molecule has 0 aromatic carbocycles. The van der Waals surface area contributed by atoms with Crippen LogP contribution in [0.2, 0.25) is 0 Å². The van der Waals surface area contributed by atoms with E-state index >= 15 is 0 Å². The van der Waals surface area contributed by atoms with Gasteiger partial charge in [0.2, 0.25) is 10.0 Å². The minimum absolute atomic E-state index is 0.0220. The molecule has 1 heterocycles. The fraction of sp³-hybridized carbons (Fsp3) is 0.500. The van der Waals surface area contributed by atoms with Gasteiger partial charge in [0.15, 0.2) is 0 Å². The van der Waals surface area contributed by atoms with Crippen LogP contribution in [0.15, 0.2) is 23.4 Å². The molecule has 0 spiro atoms. The summed E-state index contributed by atoms with van der Waals surface area (Å²) in [6, 6.07) is 1.45. The second kappa shape index (κ2) is 7.00. The zero-order chi connectivity index (χ0) is 15.3. The fourth-order valence-corrected chi connectivity index (χ4v) is 3.61. The van der Waals surface area contributed by atoms with Crippen LogP contribution in [0.25, 0.3) is 0 Å². The van der Waals surface area contributed by atoms with E-state index in [0.717, 1.165) is 12.8 Å². The molecule has 21 heavy (non-hydrogen) atoms. The summed E-state index contributed by atoms with van der Waals surface area (Å²) in [5, 5.41) is 17.7. The van der Waals surface area contributed by atoms with Crippen LogP contribution in [0.1, 0.15) is 24.8 Å². The maximum atomic E-state index is 12.6. The van der Waals surface area contributed by atoms with E-state index in [1.807, 2.05) is 0 Å². The Kier molecular flexibility index (Phi) is 5.31. The molecule has 1 fully saturated rings. The van der Waals surface area contributed by atoms with Crippen molar-refractivity contribution in [3.05, 3.63) is 24.0 Å². The van der Waals surface area contributed by atoms with Gasteiger partial charge in [0.1, 0.15) is 4.90 Å². The number of pyridine rings is 1. The predicted octanol–water partition coefficient (Wildman–Crippen LogP) is -0.0391. The van der Waals surface area contributed by atoms with Crippen molar-refractivity contribution in [2.24, 2.45) is 0 Å². The van der Waals surface area contributed by atoms with Crippen LogP contribution in [0.3, 0.4) is 0 Å². The summed E-state index contributed by atoms with van der Waals surface area (Å²) in [7, 11) is -3.66. The lowest BCUT2D eigenvalue weighted by molar-refractivity contribution is 0.250. The molecule has 0 bridgehead atoms. The minimum Gasteiger partial charge on any atom is -0.395 e.